The molecule has 1 amide bonds. The van der Waals surface area contributed by atoms with Crippen LogP contribution in [0.4, 0.5) is 0 Å². The molecule has 0 radical (unpaired) electrons. The van der Waals surface area contributed by atoms with E-state index >= 15 is 0 Å². The van der Waals surface area contributed by atoms with Crippen LogP contribution in [-0.2, 0) is 22.7 Å². The average molecular weight is 371 g/mol. The van der Waals surface area contributed by atoms with E-state index in [0.29, 0.717) is 42.4 Å². The second kappa shape index (κ2) is 8.55. The van der Waals surface area contributed by atoms with Gasteiger partial charge in [0.1, 0.15) is 13.2 Å². The molecule has 1 aliphatic rings. The van der Waals surface area contributed by atoms with Crippen molar-refractivity contribution in [1.82, 2.24) is 4.90 Å². The fourth-order valence-corrected chi connectivity index (χ4v) is 2.62. The van der Waals surface area contributed by atoms with Crippen molar-refractivity contribution in [2.24, 2.45) is 0 Å². The molecule has 2 aromatic carbocycles. The number of hydrogen-bond acceptors (Lipinski definition) is 6. The monoisotopic (exact) mass is 371 g/mol. The lowest BCUT2D eigenvalue weighted by Gasteiger charge is -2.21. The zero-order chi connectivity index (χ0) is 19.2. The average Bonchev–Trinajstić information content (AvgIpc) is 2.71. The van der Waals surface area contributed by atoms with Crippen molar-refractivity contribution < 1.29 is 28.9 Å². The first-order valence-corrected chi connectivity index (χ1v) is 8.56. The molecule has 0 unspecified atom stereocenters. The van der Waals surface area contributed by atoms with Crippen LogP contribution in [-0.4, -0.2) is 48.8 Å². The Morgan fingerprint density at radius 1 is 1.04 bits per heavy atom. The molecule has 0 aromatic heterocycles. The van der Waals surface area contributed by atoms with Crippen molar-refractivity contribution in [3.63, 3.8) is 0 Å². The Bertz CT molecular complexity index is 818. The van der Waals surface area contributed by atoms with Gasteiger partial charge in [0.2, 0.25) is 0 Å². The van der Waals surface area contributed by atoms with E-state index in [1.807, 2.05) is 18.2 Å². The summed E-state index contributed by atoms with van der Waals surface area (Å²) in [5, 5.41) is 9.01. The van der Waals surface area contributed by atoms with Gasteiger partial charge in [-0.2, -0.15) is 0 Å². The predicted molar refractivity (Wildman–Crippen MR) is 96.6 cm³/mol. The van der Waals surface area contributed by atoms with Crippen molar-refractivity contribution in [3.8, 4) is 11.5 Å². The van der Waals surface area contributed by atoms with E-state index < -0.39 is 5.97 Å². The van der Waals surface area contributed by atoms with Gasteiger partial charge in [-0.25, -0.2) is 4.79 Å². The Labute approximate surface area is 157 Å². The van der Waals surface area contributed by atoms with E-state index in [1.165, 1.54) is 4.90 Å². The summed E-state index contributed by atoms with van der Waals surface area (Å²) in [4.78, 5) is 25.7. The van der Waals surface area contributed by atoms with Gasteiger partial charge in [0.25, 0.3) is 5.91 Å². The minimum Gasteiger partial charge on any atom is -0.486 e. The van der Waals surface area contributed by atoms with Crippen LogP contribution in [0.1, 0.15) is 21.5 Å². The molecule has 1 N–H and O–H groups in total. The van der Waals surface area contributed by atoms with Crippen molar-refractivity contribution >= 4 is 11.9 Å². The lowest BCUT2D eigenvalue weighted by Crippen LogP contribution is -2.30. The molecule has 0 spiro atoms. The van der Waals surface area contributed by atoms with Gasteiger partial charge in [-0.1, -0.05) is 18.2 Å². The van der Waals surface area contributed by atoms with E-state index in [-0.39, 0.29) is 19.1 Å². The third-order valence-electron chi connectivity index (χ3n) is 4.15. The maximum Gasteiger partial charge on any atom is 0.338 e. The first kappa shape index (κ1) is 18.7. The number of fused-ring (bicyclic) bond motifs is 1. The topological polar surface area (TPSA) is 85.3 Å². The molecule has 0 fully saturated rings. The summed E-state index contributed by atoms with van der Waals surface area (Å²) in [5.74, 6) is 0.461. The second-order valence-corrected chi connectivity index (χ2v) is 6.16. The summed E-state index contributed by atoms with van der Waals surface area (Å²) in [6.45, 7) is 0.942. The maximum absolute atomic E-state index is 12.2. The third kappa shape index (κ3) is 4.77. The third-order valence-corrected chi connectivity index (χ3v) is 4.15. The van der Waals surface area contributed by atoms with Gasteiger partial charge in [-0.05, 0) is 35.4 Å². The summed E-state index contributed by atoms with van der Waals surface area (Å²) >= 11 is 0. The number of likely N-dealkylation sites (N-methyl/N-ethyl adjacent to an activating group) is 1. The van der Waals surface area contributed by atoms with E-state index in [2.05, 4.69) is 0 Å². The van der Waals surface area contributed by atoms with Crippen LogP contribution in [0.15, 0.2) is 42.5 Å². The van der Waals surface area contributed by atoms with Gasteiger partial charge in [0.05, 0.1) is 12.2 Å². The summed E-state index contributed by atoms with van der Waals surface area (Å²) in [6, 6.07) is 11.9. The molecular weight excluding hydrogens is 350 g/mol. The Balaban J connectivity index is 1.52. The number of aliphatic hydroxyl groups excluding tert-OH is 1. The minimum atomic E-state index is -0.583. The van der Waals surface area contributed by atoms with Gasteiger partial charge in [-0.15, -0.1) is 0 Å². The van der Waals surface area contributed by atoms with Crippen LogP contribution in [0.5, 0.6) is 11.5 Å². The van der Waals surface area contributed by atoms with Gasteiger partial charge in [0.15, 0.2) is 18.1 Å². The van der Waals surface area contributed by atoms with Crippen LogP contribution in [0.3, 0.4) is 0 Å². The molecule has 27 heavy (non-hydrogen) atoms. The van der Waals surface area contributed by atoms with Gasteiger partial charge >= 0.3 is 5.97 Å². The molecule has 2 aromatic rings. The number of hydrogen-bond donors (Lipinski definition) is 1. The van der Waals surface area contributed by atoms with Crippen LogP contribution in [0.2, 0.25) is 0 Å². The lowest BCUT2D eigenvalue weighted by atomic mass is 10.1. The maximum atomic E-state index is 12.2. The summed E-state index contributed by atoms with van der Waals surface area (Å²) in [7, 11) is 1.64. The van der Waals surface area contributed by atoms with Crippen molar-refractivity contribution in [2.75, 3.05) is 26.9 Å². The molecule has 0 atom stereocenters. The minimum absolute atomic E-state index is 0.0987. The molecular formula is C20H21NO6. The highest BCUT2D eigenvalue weighted by molar-refractivity contribution is 5.91. The molecule has 0 saturated heterocycles. The molecule has 0 saturated carbocycles. The molecule has 0 aliphatic carbocycles. The van der Waals surface area contributed by atoms with Crippen molar-refractivity contribution in [3.05, 3.63) is 59.2 Å². The van der Waals surface area contributed by atoms with Gasteiger partial charge in [-0.3, -0.25) is 4.79 Å². The molecule has 1 heterocycles. The number of rotatable bonds is 6. The molecule has 7 heteroatoms. The van der Waals surface area contributed by atoms with Crippen molar-refractivity contribution in [1.29, 1.82) is 0 Å². The number of ether oxygens (including phenoxy) is 3. The van der Waals surface area contributed by atoms with Gasteiger partial charge in [0, 0.05) is 13.6 Å². The lowest BCUT2D eigenvalue weighted by molar-refractivity contribution is -0.133. The summed E-state index contributed by atoms with van der Waals surface area (Å²) in [6.07, 6.45) is 0. The zero-order valence-corrected chi connectivity index (χ0v) is 15.0. The number of benzene rings is 2. The zero-order valence-electron chi connectivity index (χ0n) is 15.0. The Morgan fingerprint density at radius 2 is 1.70 bits per heavy atom. The smallest absolute Gasteiger partial charge is 0.338 e. The molecule has 3 rings (SSSR count). The van der Waals surface area contributed by atoms with Crippen LogP contribution in [0.25, 0.3) is 0 Å². The predicted octanol–water partition coefficient (Wildman–Crippen LogP) is 1.77. The van der Waals surface area contributed by atoms with Crippen LogP contribution >= 0.6 is 0 Å². The van der Waals surface area contributed by atoms with E-state index in [9.17, 15) is 9.59 Å². The first-order chi connectivity index (χ1) is 13.1. The number of nitrogens with zero attached hydrogens (tertiary/aromatic N) is 1. The fraction of sp³-hybridized carbons (Fsp3) is 0.300. The highest BCUT2D eigenvalue weighted by atomic mass is 16.6. The number of esters is 1. The van der Waals surface area contributed by atoms with E-state index in [0.717, 1.165) is 5.56 Å². The Morgan fingerprint density at radius 3 is 2.41 bits per heavy atom. The van der Waals surface area contributed by atoms with Gasteiger partial charge < -0.3 is 24.2 Å². The number of carbonyl (C=O) groups is 2. The molecule has 7 nitrogen and oxygen atoms in total. The van der Waals surface area contributed by atoms with Crippen molar-refractivity contribution in [2.45, 2.75) is 13.2 Å². The highest BCUT2D eigenvalue weighted by Crippen LogP contribution is 2.31. The quantitative estimate of drug-likeness (QED) is 0.779. The van der Waals surface area contributed by atoms with E-state index in [1.54, 1.807) is 31.3 Å². The van der Waals surface area contributed by atoms with Crippen LogP contribution < -0.4 is 9.47 Å². The standard InChI is InChI=1S/C20H21NO6/c1-21(11-15-4-7-17-18(10-15)26-9-8-25-17)19(23)13-27-20(24)16-5-2-14(12-22)3-6-16/h2-7,10,22H,8-9,11-13H2,1H3. The Hall–Kier alpha value is -3.06. The Kier molecular flexibility index (Phi) is 5.93. The summed E-state index contributed by atoms with van der Waals surface area (Å²) < 4.78 is 16.1. The second-order valence-electron chi connectivity index (χ2n) is 6.16. The highest BCUT2D eigenvalue weighted by Gasteiger charge is 2.16. The largest absolute Gasteiger partial charge is 0.486 e. The normalized spacial score (nSPS) is 12.4. The fourth-order valence-electron chi connectivity index (χ4n) is 2.62. The molecule has 0 bridgehead atoms. The van der Waals surface area contributed by atoms with Crippen LogP contribution in [0, 0.1) is 0 Å². The number of amides is 1. The molecule has 1 aliphatic heterocycles. The number of carbonyl (C=O) groups excluding carboxylic acids is 2. The molecule has 142 valence electrons. The SMILES string of the molecule is CN(Cc1ccc2c(c1)OCCO2)C(=O)COC(=O)c1ccc(CO)cc1. The first-order valence-electron chi connectivity index (χ1n) is 8.56. The summed E-state index contributed by atoms with van der Waals surface area (Å²) in [5.41, 5.74) is 1.91. The van der Waals surface area contributed by atoms with E-state index in [4.69, 9.17) is 19.3 Å². The number of aliphatic hydroxyl groups is 1.